The lowest BCUT2D eigenvalue weighted by Gasteiger charge is -2.22. The van der Waals surface area contributed by atoms with Crippen LogP contribution in [0.3, 0.4) is 0 Å². The van der Waals surface area contributed by atoms with E-state index in [-0.39, 0.29) is 0 Å². The molecule has 1 atom stereocenters. The van der Waals surface area contributed by atoms with Crippen LogP contribution in [0.4, 0.5) is 5.13 Å². The minimum atomic E-state index is 0.396. The van der Waals surface area contributed by atoms with Crippen molar-refractivity contribution in [3.63, 3.8) is 0 Å². The highest BCUT2D eigenvalue weighted by Gasteiger charge is 2.27. The molecule has 1 aromatic heterocycles. The van der Waals surface area contributed by atoms with Crippen LogP contribution >= 0.6 is 11.3 Å². The summed E-state index contributed by atoms with van der Waals surface area (Å²) in [5, 5.41) is 4.77. The van der Waals surface area contributed by atoms with E-state index in [4.69, 9.17) is 15.5 Å². The molecule has 2 aromatic rings. The Morgan fingerprint density at radius 1 is 1.24 bits per heavy atom. The van der Waals surface area contributed by atoms with Gasteiger partial charge >= 0.3 is 0 Å². The quantitative estimate of drug-likeness (QED) is 0.842. The maximum absolute atomic E-state index is 6.11. The molecule has 1 heterocycles. The fraction of sp³-hybridized carbons (Fsp3) is 0.550. The highest BCUT2D eigenvalue weighted by molar-refractivity contribution is 7.16. The Morgan fingerprint density at radius 3 is 2.84 bits per heavy atom. The maximum atomic E-state index is 6.11. The van der Waals surface area contributed by atoms with E-state index in [1.165, 1.54) is 48.1 Å². The van der Waals surface area contributed by atoms with Gasteiger partial charge in [0.1, 0.15) is 5.75 Å². The van der Waals surface area contributed by atoms with Gasteiger partial charge in [0.25, 0.3) is 0 Å². The zero-order valence-electron chi connectivity index (χ0n) is 14.9. The number of fused-ring (bicyclic) bond motifs is 3. The molecule has 0 saturated heterocycles. The van der Waals surface area contributed by atoms with E-state index in [1.807, 2.05) is 17.4 Å². The van der Waals surface area contributed by atoms with Gasteiger partial charge < -0.3 is 15.8 Å². The topological polar surface area (TPSA) is 60.2 Å². The van der Waals surface area contributed by atoms with Crippen LogP contribution in [0, 0.1) is 0 Å². The summed E-state index contributed by atoms with van der Waals surface area (Å²) in [5.41, 5.74) is 9.81. The Labute approximate surface area is 153 Å². The molecular weight excluding hydrogens is 330 g/mol. The number of hydrogen-bond acceptors (Lipinski definition) is 5. The molecule has 3 N–H and O–H groups in total. The highest BCUT2D eigenvalue weighted by atomic mass is 32.1. The van der Waals surface area contributed by atoms with Gasteiger partial charge in [0.2, 0.25) is 0 Å². The number of rotatable bonds is 4. The van der Waals surface area contributed by atoms with E-state index in [0.717, 1.165) is 29.4 Å². The van der Waals surface area contributed by atoms with Gasteiger partial charge in [0, 0.05) is 28.9 Å². The van der Waals surface area contributed by atoms with E-state index < -0.39 is 0 Å². The Bertz CT molecular complexity index is 737. The van der Waals surface area contributed by atoms with Crippen molar-refractivity contribution in [2.75, 3.05) is 19.0 Å². The minimum Gasteiger partial charge on any atom is -0.497 e. The normalized spacial score (nSPS) is 20.5. The standard InChI is InChI=1S/C20H27N3OS/c1-24-16-9-10-17-13(11-16)7-8-14(12-21)19-18(17)23-20(25-19)22-15-5-3-2-4-6-15/h9-11,14-15H,2-8,12,21H2,1H3,(H,22,23). The van der Waals surface area contributed by atoms with Gasteiger partial charge in [0.15, 0.2) is 5.13 Å². The van der Waals surface area contributed by atoms with Crippen LogP contribution in [0.25, 0.3) is 11.3 Å². The number of benzene rings is 1. The lowest BCUT2D eigenvalue weighted by molar-refractivity contribution is 0.414. The molecule has 1 fully saturated rings. The molecule has 2 aliphatic rings. The number of methoxy groups -OCH3 is 1. The smallest absolute Gasteiger partial charge is 0.183 e. The summed E-state index contributed by atoms with van der Waals surface area (Å²) in [5.74, 6) is 1.31. The number of nitrogens with two attached hydrogens (primary N) is 1. The van der Waals surface area contributed by atoms with Crippen molar-refractivity contribution in [3.05, 3.63) is 28.6 Å². The fourth-order valence-corrected chi connectivity index (χ4v) is 5.31. The van der Waals surface area contributed by atoms with Crippen molar-refractivity contribution in [2.45, 2.75) is 56.9 Å². The van der Waals surface area contributed by atoms with Gasteiger partial charge in [0.05, 0.1) is 12.8 Å². The van der Waals surface area contributed by atoms with E-state index in [2.05, 4.69) is 17.4 Å². The first-order valence-corrected chi connectivity index (χ1v) is 10.2. The van der Waals surface area contributed by atoms with Crippen molar-refractivity contribution in [3.8, 4) is 17.0 Å². The van der Waals surface area contributed by atoms with Crippen LogP contribution in [0.1, 0.15) is 54.9 Å². The van der Waals surface area contributed by atoms with Crippen molar-refractivity contribution in [1.82, 2.24) is 4.98 Å². The van der Waals surface area contributed by atoms with Crippen molar-refractivity contribution in [1.29, 1.82) is 0 Å². The van der Waals surface area contributed by atoms with Crippen molar-refractivity contribution in [2.24, 2.45) is 5.73 Å². The summed E-state index contributed by atoms with van der Waals surface area (Å²) in [6, 6.07) is 6.94. The fourth-order valence-electron chi connectivity index (χ4n) is 4.11. The van der Waals surface area contributed by atoms with Gasteiger partial charge in [-0.1, -0.05) is 19.3 Å². The van der Waals surface area contributed by atoms with Crippen LogP contribution in [-0.4, -0.2) is 24.7 Å². The summed E-state index contributed by atoms with van der Waals surface area (Å²) in [7, 11) is 1.72. The Hall–Kier alpha value is -1.59. The maximum Gasteiger partial charge on any atom is 0.183 e. The molecular formula is C20H27N3OS. The number of aryl methyl sites for hydroxylation is 1. The van der Waals surface area contributed by atoms with Gasteiger partial charge in [-0.2, -0.15) is 0 Å². The molecule has 1 saturated carbocycles. The Kier molecular flexibility index (Phi) is 4.95. The van der Waals surface area contributed by atoms with Crippen molar-refractivity contribution < 1.29 is 4.74 Å². The summed E-state index contributed by atoms with van der Waals surface area (Å²) < 4.78 is 5.41. The molecule has 0 spiro atoms. The molecule has 0 amide bonds. The van der Waals surface area contributed by atoms with Crippen LogP contribution < -0.4 is 15.8 Å². The van der Waals surface area contributed by atoms with E-state index in [1.54, 1.807) is 7.11 Å². The Morgan fingerprint density at radius 2 is 2.08 bits per heavy atom. The lowest BCUT2D eigenvalue weighted by Crippen LogP contribution is -2.22. The second-order valence-corrected chi connectivity index (χ2v) is 8.24. The molecule has 2 aliphatic carbocycles. The first kappa shape index (κ1) is 16.9. The van der Waals surface area contributed by atoms with E-state index in [9.17, 15) is 0 Å². The number of anilines is 1. The first-order chi connectivity index (χ1) is 12.3. The number of thiazole rings is 1. The summed E-state index contributed by atoms with van der Waals surface area (Å²) in [6.45, 7) is 0.684. The molecule has 1 unspecified atom stereocenters. The predicted molar refractivity (Wildman–Crippen MR) is 105 cm³/mol. The molecule has 0 aliphatic heterocycles. The largest absolute Gasteiger partial charge is 0.497 e. The number of nitrogens with zero attached hydrogens (tertiary/aromatic N) is 1. The molecule has 1 aromatic carbocycles. The van der Waals surface area contributed by atoms with Crippen LogP contribution in [0.5, 0.6) is 5.75 Å². The van der Waals surface area contributed by atoms with E-state index >= 15 is 0 Å². The average Bonchev–Trinajstić information content (AvgIpc) is 3.00. The second kappa shape index (κ2) is 7.34. The number of aromatic nitrogens is 1. The monoisotopic (exact) mass is 357 g/mol. The summed E-state index contributed by atoms with van der Waals surface area (Å²) in [6.07, 6.45) is 8.67. The summed E-state index contributed by atoms with van der Waals surface area (Å²) >= 11 is 1.82. The number of ether oxygens (including phenoxy) is 1. The third kappa shape index (κ3) is 3.40. The predicted octanol–water partition coefficient (Wildman–Crippen LogP) is 4.55. The third-order valence-corrected chi connectivity index (χ3v) is 6.72. The van der Waals surface area contributed by atoms with E-state index in [0.29, 0.717) is 18.5 Å². The molecule has 25 heavy (non-hydrogen) atoms. The highest BCUT2D eigenvalue weighted by Crippen LogP contribution is 2.43. The zero-order chi connectivity index (χ0) is 17.2. The first-order valence-electron chi connectivity index (χ1n) is 9.43. The van der Waals surface area contributed by atoms with Crippen LogP contribution in [0.15, 0.2) is 18.2 Å². The number of nitrogens with one attached hydrogen (secondary N) is 1. The molecule has 0 bridgehead atoms. The minimum absolute atomic E-state index is 0.396. The lowest BCUT2D eigenvalue weighted by atomic mass is 9.96. The second-order valence-electron chi connectivity index (χ2n) is 7.21. The average molecular weight is 358 g/mol. The molecule has 4 nitrogen and oxygen atoms in total. The van der Waals surface area contributed by atoms with Crippen molar-refractivity contribution >= 4 is 16.5 Å². The van der Waals surface area contributed by atoms with Gasteiger partial charge in [-0.15, -0.1) is 11.3 Å². The molecule has 4 rings (SSSR count). The molecule has 134 valence electrons. The van der Waals surface area contributed by atoms with Gasteiger partial charge in [-0.3, -0.25) is 0 Å². The van der Waals surface area contributed by atoms with Gasteiger partial charge in [-0.25, -0.2) is 4.98 Å². The summed E-state index contributed by atoms with van der Waals surface area (Å²) in [4.78, 5) is 6.36. The van der Waals surface area contributed by atoms with Gasteiger partial charge in [-0.05, 0) is 49.4 Å². The van der Waals surface area contributed by atoms with Crippen LogP contribution in [0.2, 0.25) is 0 Å². The molecule has 0 radical (unpaired) electrons. The SMILES string of the molecule is COc1ccc2c(c1)CCC(CN)c1sc(NC3CCCCC3)nc1-2. The molecule has 5 heteroatoms. The zero-order valence-corrected chi connectivity index (χ0v) is 15.7. The Balaban J connectivity index is 1.69. The number of hydrogen-bond donors (Lipinski definition) is 2. The third-order valence-electron chi connectivity index (χ3n) is 5.57. The van der Waals surface area contributed by atoms with Crippen LogP contribution in [-0.2, 0) is 6.42 Å².